The summed E-state index contributed by atoms with van der Waals surface area (Å²) in [4.78, 5) is 4.43. The Balaban J connectivity index is 1.98. The lowest BCUT2D eigenvalue weighted by molar-refractivity contribution is 0.274. The Morgan fingerprint density at radius 1 is 1.11 bits per heavy atom. The summed E-state index contributed by atoms with van der Waals surface area (Å²) in [6.45, 7) is 0. The zero-order chi connectivity index (χ0) is 12.1. The summed E-state index contributed by atoms with van der Waals surface area (Å²) in [7, 11) is 2.01. The minimum atomic E-state index is 0.114. The van der Waals surface area contributed by atoms with Crippen LogP contribution in [-0.2, 0) is 0 Å². The molecule has 0 spiro atoms. The SMILES string of the molecule is BC1=CC2Oc3ccc4ccccc4c3C2C=N1. The molecule has 0 saturated heterocycles. The maximum Gasteiger partial charge on any atom is 0.163 e. The third-order valence-corrected chi connectivity index (χ3v) is 3.73. The Morgan fingerprint density at radius 2 is 2.00 bits per heavy atom. The van der Waals surface area contributed by atoms with Gasteiger partial charge in [0.15, 0.2) is 7.85 Å². The van der Waals surface area contributed by atoms with E-state index in [2.05, 4.69) is 47.5 Å². The van der Waals surface area contributed by atoms with Crippen molar-refractivity contribution in [2.75, 3.05) is 0 Å². The third kappa shape index (κ3) is 1.27. The van der Waals surface area contributed by atoms with Gasteiger partial charge in [0.1, 0.15) is 11.9 Å². The molecule has 0 amide bonds. The molecule has 2 aromatic carbocycles. The van der Waals surface area contributed by atoms with Crippen LogP contribution < -0.4 is 4.74 Å². The maximum atomic E-state index is 6.02. The second kappa shape index (κ2) is 3.48. The van der Waals surface area contributed by atoms with Crippen molar-refractivity contribution in [3.63, 3.8) is 0 Å². The highest BCUT2D eigenvalue weighted by atomic mass is 16.5. The number of hydrogen-bond acceptors (Lipinski definition) is 2. The fourth-order valence-corrected chi connectivity index (χ4v) is 2.88. The standard InChI is InChI=1S/C15H12BNO/c16-14-7-13-11(8-17-14)15-10-4-2-1-3-9(10)5-6-12(15)18-13/h1-8,11,13H,16H2. The van der Waals surface area contributed by atoms with Crippen molar-refractivity contribution >= 4 is 24.8 Å². The first-order chi connectivity index (χ1) is 8.83. The van der Waals surface area contributed by atoms with Gasteiger partial charge < -0.3 is 4.74 Å². The summed E-state index contributed by atoms with van der Waals surface area (Å²) in [6, 6.07) is 12.7. The van der Waals surface area contributed by atoms with Crippen LogP contribution >= 0.6 is 0 Å². The van der Waals surface area contributed by atoms with E-state index in [0.717, 1.165) is 11.3 Å². The van der Waals surface area contributed by atoms with Crippen LogP contribution in [-0.4, -0.2) is 20.2 Å². The number of fused-ring (bicyclic) bond motifs is 5. The minimum absolute atomic E-state index is 0.114. The summed E-state index contributed by atoms with van der Waals surface area (Å²) in [6.07, 6.45) is 4.25. The van der Waals surface area contributed by atoms with E-state index < -0.39 is 0 Å². The minimum Gasteiger partial charge on any atom is -0.485 e. The summed E-state index contributed by atoms with van der Waals surface area (Å²) in [5.41, 5.74) is 2.32. The summed E-state index contributed by atoms with van der Waals surface area (Å²) < 4.78 is 6.02. The first-order valence-electron chi connectivity index (χ1n) is 6.24. The Bertz CT molecular complexity index is 705. The summed E-state index contributed by atoms with van der Waals surface area (Å²) in [5.74, 6) is 1.26. The fourth-order valence-electron chi connectivity index (χ4n) is 2.88. The molecule has 2 aliphatic rings. The molecule has 2 unspecified atom stereocenters. The van der Waals surface area contributed by atoms with Crippen LogP contribution in [0.4, 0.5) is 0 Å². The average molecular weight is 233 g/mol. The molecule has 2 aromatic rings. The lowest BCUT2D eigenvalue weighted by Crippen LogP contribution is -2.20. The van der Waals surface area contributed by atoms with Crippen LogP contribution in [0.1, 0.15) is 11.5 Å². The number of benzene rings is 2. The lowest BCUT2D eigenvalue weighted by Gasteiger charge is -2.16. The number of hydrogen-bond donors (Lipinski definition) is 0. The van der Waals surface area contributed by atoms with Crippen molar-refractivity contribution in [3.05, 3.63) is 53.6 Å². The second-order valence-electron chi connectivity index (χ2n) is 4.89. The topological polar surface area (TPSA) is 21.6 Å². The molecule has 2 atom stereocenters. The van der Waals surface area contributed by atoms with Gasteiger partial charge in [-0.05, 0) is 28.5 Å². The Kier molecular flexibility index (Phi) is 1.93. The highest BCUT2D eigenvalue weighted by Crippen LogP contribution is 2.43. The third-order valence-electron chi connectivity index (χ3n) is 3.73. The van der Waals surface area contributed by atoms with E-state index in [-0.39, 0.29) is 12.0 Å². The Morgan fingerprint density at radius 3 is 2.94 bits per heavy atom. The van der Waals surface area contributed by atoms with Gasteiger partial charge in [-0.15, -0.1) is 0 Å². The van der Waals surface area contributed by atoms with Crippen LogP contribution in [0.25, 0.3) is 10.8 Å². The first kappa shape index (κ1) is 9.95. The molecule has 0 radical (unpaired) electrons. The Labute approximate surface area is 106 Å². The smallest absolute Gasteiger partial charge is 0.163 e. The van der Waals surface area contributed by atoms with Gasteiger partial charge >= 0.3 is 0 Å². The van der Waals surface area contributed by atoms with Gasteiger partial charge in [0.25, 0.3) is 0 Å². The van der Waals surface area contributed by atoms with Crippen molar-refractivity contribution in [2.45, 2.75) is 12.0 Å². The number of rotatable bonds is 0. The summed E-state index contributed by atoms with van der Waals surface area (Å²) >= 11 is 0. The molecular formula is C15H12BNO. The molecule has 0 N–H and O–H groups in total. The van der Waals surface area contributed by atoms with Crippen LogP contribution in [0.5, 0.6) is 5.75 Å². The Hall–Kier alpha value is -2.03. The highest BCUT2D eigenvalue weighted by Gasteiger charge is 2.34. The molecule has 2 nitrogen and oxygen atoms in total. The van der Waals surface area contributed by atoms with Crippen molar-refractivity contribution in [3.8, 4) is 5.75 Å². The van der Waals surface area contributed by atoms with Gasteiger partial charge in [0.05, 0.1) is 5.92 Å². The molecule has 2 heterocycles. The molecule has 2 aliphatic heterocycles. The highest BCUT2D eigenvalue weighted by molar-refractivity contribution is 6.22. The molecule has 0 aliphatic carbocycles. The van der Waals surface area contributed by atoms with Crippen molar-refractivity contribution in [2.24, 2.45) is 4.99 Å². The largest absolute Gasteiger partial charge is 0.485 e. The molecular weight excluding hydrogens is 221 g/mol. The normalized spacial score (nSPS) is 24.3. The number of ether oxygens (including phenoxy) is 1. The van der Waals surface area contributed by atoms with E-state index in [1.807, 2.05) is 14.1 Å². The van der Waals surface area contributed by atoms with Crippen molar-refractivity contribution in [1.82, 2.24) is 0 Å². The van der Waals surface area contributed by atoms with E-state index >= 15 is 0 Å². The monoisotopic (exact) mass is 233 g/mol. The van der Waals surface area contributed by atoms with Crippen LogP contribution in [0.15, 0.2) is 53.1 Å². The van der Waals surface area contributed by atoms with Crippen molar-refractivity contribution in [1.29, 1.82) is 0 Å². The van der Waals surface area contributed by atoms with Crippen LogP contribution in [0, 0.1) is 0 Å². The van der Waals surface area contributed by atoms with E-state index in [9.17, 15) is 0 Å². The molecule has 3 heteroatoms. The zero-order valence-corrected chi connectivity index (χ0v) is 10.1. The zero-order valence-electron chi connectivity index (χ0n) is 10.1. The van der Waals surface area contributed by atoms with Gasteiger partial charge in [0, 0.05) is 11.8 Å². The van der Waals surface area contributed by atoms with Gasteiger partial charge in [-0.25, -0.2) is 0 Å². The average Bonchev–Trinajstić information content (AvgIpc) is 2.76. The lowest BCUT2D eigenvalue weighted by atomic mass is 9.88. The molecule has 86 valence electrons. The molecule has 0 bridgehead atoms. The molecule has 0 aromatic heterocycles. The first-order valence-corrected chi connectivity index (χ1v) is 6.24. The number of nitrogens with zero attached hydrogens (tertiary/aromatic N) is 1. The van der Waals surface area contributed by atoms with E-state index in [1.54, 1.807) is 0 Å². The number of aliphatic imine (C=N–C) groups is 1. The van der Waals surface area contributed by atoms with E-state index in [1.165, 1.54) is 16.3 Å². The van der Waals surface area contributed by atoms with Crippen LogP contribution in [0.2, 0.25) is 0 Å². The fraction of sp³-hybridized carbons (Fsp3) is 0.133. The molecule has 0 saturated carbocycles. The predicted octanol–water partition coefficient (Wildman–Crippen LogP) is 2.24. The van der Waals surface area contributed by atoms with Gasteiger partial charge in [-0.1, -0.05) is 30.3 Å². The van der Waals surface area contributed by atoms with E-state index in [4.69, 9.17) is 4.74 Å². The summed E-state index contributed by atoms with van der Waals surface area (Å²) in [5, 5.41) is 2.54. The molecule has 4 rings (SSSR count). The quantitative estimate of drug-likeness (QED) is 0.639. The van der Waals surface area contributed by atoms with Crippen molar-refractivity contribution < 1.29 is 4.74 Å². The van der Waals surface area contributed by atoms with Crippen LogP contribution in [0.3, 0.4) is 0 Å². The van der Waals surface area contributed by atoms with Gasteiger partial charge in [0.2, 0.25) is 0 Å². The van der Waals surface area contributed by atoms with E-state index in [0.29, 0.717) is 0 Å². The molecule has 18 heavy (non-hydrogen) atoms. The molecule has 0 fully saturated rings. The second-order valence-corrected chi connectivity index (χ2v) is 4.89. The van der Waals surface area contributed by atoms with Gasteiger partial charge in [-0.3, -0.25) is 4.99 Å². The maximum absolute atomic E-state index is 6.02. The predicted molar refractivity (Wildman–Crippen MR) is 76.2 cm³/mol. The van der Waals surface area contributed by atoms with Gasteiger partial charge in [-0.2, -0.15) is 0 Å².